The van der Waals surface area contributed by atoms with Crippen LogP contribution in [0.4, 0.5) is 0 Å². The predicted octanol–water partition coefficient (Wildman–Crippen LogP) is 4.26. The number of nitrogens with zero attached hydrogens (tertiary/aromatic N) is 1. The van der Waals surface area contributed by atoms with E-state index in [1.165, 1.54) is 17.3 Å². The molecule has 3 nitrogen and oxygen atoms in total. The van der Waals surface area contributed by atoms with Gasteiger partial charge in [-0.15, -0.1) is 0 Å². The van der Waals surface area contributed by atoms with Crippen LogP contribution in [0.1, 0.15) is 38.3 Å². The number of amides is 1. The molecule has 2 rings (SSSR count). The van der Waals surface area contributed by atoms with Crippen molar-refractivity contribution in [1.82, 2.24) is 4.90 Å². The molecule has 0 aromatic heterocycles. The van der Waals surface area contributed by atoms with Crippen molar-refractivity contribution in [2.24, 2.45) is 0 Å². The lowest BCUT2D eigenvalue weighted by atomic mass is 10.0. The highest BCUT2D eigenvalue weighted by Gasteiger charge is 2.30. The number of thioether (sulfide) groups is 1. The minimum absolute atomic E-state index is 0.00317. The van der Waals surface area contributed by atoms with Crippen molar-refractivity contribution < 1.29 is 9.53 Å². The summed E-state index contributed by atoms with van der Waals surface area (Å²) in [5.74, 6) is 0.936. The minimum atomic E-state index is 0.00317. The first-order valence-electron chi connectivity index (χ1n) is 7.61. The summed E-state index contributed by atoms with van der Waals surface area (Å²) in [7, 11) is 0. The maximum Gasteiger partial charge on any atom is 0.266 e. The molecule has 1 heterocycles. The molecule has 0 saturated carbocycles. The van der Waals surface area contributed by atoms with Crippen molar-refractivity contribution in [2.45, 2.75) is 33.6 Å². The van der Waals surface area contributed by atoms with Crippen LogP contribution >= 0.6 is 24.0 Å². The van der Waals surface area contributed by atoms with Crippen LogP contribution in [-0.4, -0.2) is 28.3 Å². The van der Waals surface area contributed by atoms with Crippen LogP contribution in [0.15, 0.2) is 23.1 Å². The number of hydrogen-bond donors (Lipinski definition) is 0. The summed E-state index contributed by atoms with van der Waals surface area (Å²) in [4.78, 5) is 14.6. The molecular formula is C17H21NO2S2. The highest BCUT2D eigenvalue weighted by atomic mass is 32.2. The van der Waals surface area contributed by atoms with Crippen LogP contribution in [0.25, 0.3) is 6.08 Å². The van der Waals surface area contributed by atoms with Gasteiger partial charge in [0.25, 0.3) is 5.91 Å². The first kappa shape index (κ1) is 17.0. The molecule has 0 unspecified atom stereocenters. The SMILES string of the molecule is CCCc1cc(/C=C2\SC(=S)N(CC)C2=O)ccc1OCC. The average Bonchev–Trinajstić information content (AvgIpc) is 2.76. The van der Waals surface area contributed by atoms with Gasteiger partial charge in [0.05, 0.1) is 11.5 Å². The lowest BCUT2D eigenvalue weighted by Gasteiger charge is -2.11. The van der Waals surface area contributed by atoms with E-state index >= 15 is 0 Å². The van der Waals surface area contributed by atoms with E-state index in [4.69, 9.17) is 17.0 Å². The van der Waals surface area contributed by atoms with Crippen molar-refractivity contribution in [1.29, 1.82) is 0 Å². The number of carbonyl (C=O) groups is 1. The molecule has 22 heavy (non-hydrogen) atoms. The molecule has 1 amide bonds. The number of ether oxygens (including phenoxy) is 1. The molecule has 1 fully saturated rings. The molecule has 1 aliphatic heterocycles. The second-order valence-electron chi connectivity index (χ2n) is 4.98. The second-order valence-corrected chi connectivity index (χ2v) is 6.65. The molecule has 0 aliphatic carbocycles. The van der Waals surface area contributed by atoms with Gasteiger partial charge < -0.3 is 4.74 Å². The largest absolute Gasteiger partial charge is 0.494 e. The molecule has 0 N–H and O–H groups in total. The Morgan fingerprint density at radius 3 is 2.68 bits per heavy atom. The first-order valence-corrected chi connectivity index (χ1v) is 8.84. The Morgan fingerprint density at radius 1 is 1.32 bits per heavy atom. The number of aryl methyl sites for hydroxylation is 1. The lowest BCUT2D eigenvalue weighted by Crippen LogP contribution is -2.27. The van der Waals surface area contributed by atoms with Gasteiger partial charge in [-0.2, -0.15) is 0 Å². The monoisotopic (exact) mass is 335 g/mol. The Kier molecular flexibility index (Phi) is 6.03. The van der Waals surface area contributed by atoms with Gasteiger partial charge in [0.15, 0.2) is 0 Å². The predicted molar refractivity (Wildman–Crippen MR) is 97.2 cm³/mol. The normalized spacial score (nSPS) is 16.7. The first-order chi connectivity index (χ1) is 10.6. The van der Waals surface area contributed by atoms with Crippen molar-refractivity contribution in [2.75, 3.05) is 13.2 Å². The maximum atomic E-state index is 12.3. The molecule has 1 aliphatic rings. The van der Waals surface area contributed by atoms with Gasteiger partial charge in [-0.3, -0.25) is 9.69 Å². The van der Waals surface area contributed by atoms with Crippen LogP contribution in [0.2, 0.25) is 0 Å². The molecule has 0 bridgehead atoms. The Balaban J connectivity index is 2.30. The molecule has 0 atom stereocenters. The van der Waals surface area contributed by atoms with Gasteiger partial charge >= 0.3 is 0 Å². The van der Waals surface area contributed by atoms with Gasteiger partial charge in [0, 0.05) is 6.54 Å². The zero-order valence-electron chi connectivity index (χ0n) is 13.2. The lowest BCUT2D eigenvalue weighted by molar-refractivity contribution is -0.121. The number of hydrogen-bond acceptors (Lipinski definition) is 4. The Labute approximate surface area is 141 Å². The third-order valence-electron chi connectivity index (χ3n) is 3.39. The van der Waals surface area contributed by atoms with Gasteiger partial charge in [0.2, 0.25) is 0 Å². The topological polar surface area (TPSA) is 29.5 Å². The number of benzene rings is 1. The summed E-state index contributed by atoms with van der Waals surface area (Å²) in [6.45, 7) is 7.34. The molecule has 118 valence electrons. The van der Waals surface area contributed by atoms with E-state index in [1.807, 2.05) is 32.1 Å². The van der Waals surface area contributed by atoms with Crippen LogP contribution in [-0.2, 0) is 11.2 Å². The molecule has 1 aromatic rings. The van der Waals surface area contributed by atoms with E-state index in [1.54, 1.807) is 4.90 Å². The summed E-state index contributed by atoms with van der Waals surface area (Å²) >= 11 is 6.61. The smallest absolute Gasteiger partial charge is 0.266 e. The standard InChI is InChI=1S/C17H21NO2S2/c1-4-7-13-10-12(8-9-14(13)20-6-3)11-15-16(19)18(5-2)17(21)22-15/h8-11H,4-7H2,1-3H3/b15-11-. The Morgan fingerprint density at radius 2 is 2.09 bits per heavy atom. The minimum Gasteiger partial charge on any atom is -0.494 e. The average molecular weight is 335 g/mol. The fraction of sp³-hybridized carbons (Fsp3) is 0.412. The van der Waals surface area contributed by atoms with E-state index < -0.39 is 0 Å². The zero-order valence-corrected chi connectivity index (χ0v) is 14.9. The van der Waals surface area contributed by atoms with Gasteiger partial charge in [0.1, 0.15) is 10.1 Å². The van der Waals surface area contributed by atoms with E-state index in [0.717, 1.165) is 24.2 Å². The molecule has 0 radical (unpaired) electrons. The Hall–Kier alpha value is -1.33. The fourth-order valence-electron chi connectivity index (χ4n) is 2.37. The highest BCUT2D eigenvalue weighted by molar-refractivity contribution is 8.26. The van der Waals surface area contributed by atoms with Gasteiger partial charge in [-0.25, -0.2) is 0 Å². The number of carbonyl (C=O) groups excluding carboxylic acids is 1. The van der Waals surface area contributed by atoms with Crippen LogP contribution in [0.5, 0.6) is 5.75 Å². The van der Waals surface area contributed by atoms with Gasteiger partial charge in [-0.05, 0) is 49.6 Å². The fourth-order valence-corrected chi connectivity index (χ4v) is 3.76. The highest BCUT2D eigenvalue weighted by Crippen LogP contribution is 2.33. The van der Waals surface area contributed by atoms with Crippen molar-refractivity contribution in [3.8, 4) is 5.75 Å². The number of rotatable bonds is 6. The third kappa shape index (κ3) is 3.70. The molecule has 1 aromatic carbocycles. The van der Waals surface area contributed by atoms with E-state index in [2.05, 4.69) is 13.0 Å². The summed E-state index contributed by atoms with van der Waals surface area (Å²) in [5.41, 5.74) is 2.20. The van der Waals surface area contributed by atoms with Gasteiger partial charge in [-0.1, -0.05) is 43.4 Å². The van der Waals surface area contributed by atoms with E-state index in [-0.39, 0.29) is 5.91 Å². The van der Waals surface area contributed by atoms with Crippen molar-refractivity contribution in [3.63, 3.8) is 0 Å². The van der Waals surface area contributed by atoms with Crippen LogP contribution in [0.3, 0.4) is 0 Å². The van der Waals surface area contributed by atoms with Crippen molar-refractivity contribution >= 4 is 40.3 Å². The maximum absolute atomic E-state index is 12.3. The van der Waals surface area contributed by atoms with Crippen LogP contribution < -0.4 is 4.74 Å². The zero-order chi connectivity index (χ0) is 16.1. The summed E-state index contributed by atoms with van der Waals surface area (Å²) < 4.78 is 6.30. The third-order valence-corrected chi connectivity index (χ3v) is 4.77. The van der Waals surface area contributed by atoms with Crippen LogP contribution in [0, 0.1) is 0 Å². The molecule has 0 spiro atoms. The molecule has 1 saturated heterocycles. The van der Waals surface area contributed by atoms with Crippen molar-refractivity contribution in [3.05, 3.63) is 34.2 Å². The molecule has 5 heteroatoms. The van der Waals surface area contributed by atoms with E-state index in [9.17, 15) is 4.79 Å². The summed E-state index contributed by atoms with van der Waals surface area (Å²) in [6.07, 6.45) is 3.94. The molecular weight excluding hydrogens is 314 g/mol. The quantitative estimate of drug-likeness (QED) is 0.574. The second kappa shape index (κ2) is 7.79. The number of thiocarbonyl (C=S) groups is 1. The van der Waals surface area contributed by atoms with E-state index in [0.29, 0.717) is 22.4 Å². The number of likely N-dealkylation sites (N-methyl/N-ethyl adjacent to an activating group) is 1. The Bertz CT molecular complexity index is 611. The summed E-state index contributed by atoms with van der Waals surface area (Å²) in [6, 6.07) is 6.08. The summed E-state index contributed by atoms with van der Waals surface area (Å²) in [5, 5.41) is 0.